The van der Waals surface area contributed by atoms with Gasteiger partial charge in [0.05, 0.1) is 7.11 Å². The fourth-order valence-electron chi connectivity index (χ4n) is 2.74. The monoisotopic (exact) mass is 312 g/mol. The summed E-state index contributed by atoms with van der Waals surface area (Å²) in [6, 6.07) is 5.27. The molecule has 1 atom stereocenters. The molecule has 0 amide bonds. The van der Waals surface area contributed by atoms with Gasteiger partial charge in [0.25, 0.3) is 0 Å². The van der Waals surface area contributed by atoms with Crippen LogP contribution in [0.2, 0.25) is 0 Å². The second kappa shape index (κ2) is 6.77. The Kier molecular flexibility index (Phi) is 5.24. The third-order valence-electron chi connectivity index (χ3n) is 3.85. The Balaban J connectivity index is 2.34. The normalized spacial score (nSPS) is 20.4. The molecule has 21 heavy (non-hydrogen) atoms. The predicted molar refractivity (Wildman–Crippen MR) is 82.9 cm³/mol. The third kappa shape index (κ3) is 3.56. The van der Waals surface area contributed by atoms with Crippen LogP contribution in [0.5, 0.6) is 5.75 Å². The largest absolute Gasteiger partial charge is 0.495 e. The van der Waals surface area contributed by atoms with E-state index in [2.05, 4.69) is 12.2 Å². The lowest BCUT2D eigenvalue weighted by molar-refractivity contribution is 0.280. The van der Waals surface area contributed by atoms with E-state index in [1.54, 1.807) is 16.4 Å². The summed E-state index contributed by atoms with van der Waals surface area (Å²) in [5.41, 5.74) is 1.00. The Morgan fingerprint density at radius 2 is 2.19 bits per heavy atom. The molecule has 0 aliphatic carbocycles. The van der Waals surface area contributed by atoms with Gasteiger partial charge >= 0.3 is 0 Å². The van der Waals surface area contributed by atoms with Crippen molar-refractivity contribution in [3.05, 3.63) is 23.8 Å². The summed E-state index contributed by atoms with van der Waals surface area (Å²) in [6.45, 7) is 3.95. The van der Waals surface area contributed by atoms with Gasteiger partial charge in [0, 0.05) is 19.6 Å². The Labute approximate surface area is 127 Å². The molecule has 118 valence electrons. The van der Waals surface area contributed by atoms with Gasteiger partial charge in [0.1, 0.15) is 10.6 Å². The molecular formula is C15H24N2O3S. The highest BCUT2D eigenvalue weighted by Crippen LogP contribution is 2.30. The zero-order valence-electron chi connectivity index (χ0n) is 12.9. The average molecular weight is 312 g/mol. The zero-order valence-corrected chi connectivity index (χ0v) is 13.7. The van der Waals surface area contributed by atoms with E-state index in [-0.39, 0.29) is 4.90 Å². The first-order valence-electron chi connectivity index (χ1n) is 7.30. The number of benzene rings is 1. The van der Waals surface area contributed by atoms with E-state index in [1.807, 2.05) is 13.1 Å². The van der Waals surface area contributed by atoms with Crippen LogP contribution < -0.4 is 10.1 Å². The quantitative estimate of drug-likeness (QED) is 0.901. The van der Waals surface area contributed by atoms with Crippen molar-refractivity contribution in [1.82, 2.24) is 9.62 Å². The van der Waals surface area contributed by atoms with Crippen LogP contribution in [-0.2, 0) is 16.6 Å². The number of methoxy groups -OCH3 is 1. The fraction of sp³-hybridized carbons (Fsp3) is 0.600. The zero-order chi connectivity index (χ0) is 15.5. The molecule has 0 bridgehead atoms. The standard InChI is InChI=1S/C15H24N2O3S/c1-12-5-4-8-17(11-12)21(18,19)15-7-6-13(10-16-2)9-14(15)20-3/h6-7,9,12,16H,4-5,8,10-11H2,1-3H3. The fourth-order valence-corrected chi connectivity index (χ4v) is 4.48. The second-order valence-corrected chi connectivity index (χ2v) is 7.53. The van der Waals surface area contributed by atoms with Crippen molar-refractivity contribution < 1.29 is 13.2 Å². The number of ether oxygens (including phenoxy) is 1. The number of sulfonamides is 1. The first kappa shape index (κ1) is 16.3. The van der Waals surface area contributed by atoms with Gasteiger partial charge in [-0.2, -0.15) is 4.31 Å². The Hall–Kier alpha value is -1.11. The van der Waals surface area contributed by atoms with E-state index in [9.17, 15) is 8.42 Å². The van der Waals surface area contributed by atoms with Crippen molar-refractivity contribution in [3.63, 3.8) is 0 Å². The summed E-state index contributed by atoms with van der Waals surface area (Å²) in [4.78, 5) is 0.263. The van der Waals surface area contributed by atoms with E-state index >= 15 is 0 Å². The lowest BCUT2D eigenvalue weighted by Crippen LogP contribution is -2.39. The highest BCUT2D eigenvalue weighted by Gasteiger charge is 2.30. The molecule has 0 spiro atoms. The van der Waals surface area contributed by atoms with Crippen LogP contribution in [0.25, 0.3) is 0 Å². The maximum absolute atomic E-state index is 12.8. The molecule has 1 aliphatic rings. The molecule has 1 saturated heterocycles. The van der Waals surface area contributed by atoms with Crippen LogP contribution in [0.4, 0.5) is 0 Å². The number of hydrogen-bond donors (Lipinski definition) is 1. The van der Waals surface area contributed by atoms with E-state index in [0.717, 1.165) is 18.4 Å². The van der Waals surface area contributed by atoms with Gasteiger partial charge in [-0.15, -0.1) is 0 Å². The molecule has 1 heterocycles. The van der Waals surface area contributed by atoms with Crippen LogP contribution in [0, 0.1) is 5.92 Å². The lowest BCUT2D eigenvalue weighted by Gasteiger charge is -2.30. The van der Waals surface area contributed by atoms with Gasteiger partial charge in [-0.05, 0) is 43.5 Å². The maximum Gasteiger partial charge on any atom is 0.246 e. The van der Waals surface area contributed by atoms with Gasteiger partial charge in [-0.1, -0.05) is 13.0 Å². The summed E-state index contributed by atoms with van der Waals surface area (Å²) >= 11 is 0. The molecule has 0 aromatic heterocycles. The second-order valence-electron chi connectivity index (χ2n) is 5.63. The van der Waals surface area contributed by atoms with E-state index in [4.69, 9.17) is 4.74 Å². The number of rotatable bonds is 5. The maximum atomic E-state index is 12.8. The summed E-state index contributed by atoms with van der Waals surface area (Å²) in [5, 5.41) is 3.05. The van der Waals surface area contributed by atoms with Crippen LogP contribution in [0.1, 0.15) is 25.3 Å². The molecular weight excluding hydrogens is 288 g/mol. The summed E-state index contributed by atoms with van der Waals surface area (Å²) in [6.07, 6.45) is 2.00. The van der Waals surface area contributed by atoms with Gasteiger partial charge < -0.3 is 10.1 Å². The molecule has 1 aromatic rings. The number of hydrogen-bond acceptors (Lipinski definition) is 4. The van der Waals surface area contributed by atoms with Crippen LogP contribution in [0.15, 0.2) is 23.1 Å². The highest BCUT2D eigenvalue weighted by atomic mass is 32.2. The van der Waals surface area contributed by atoms with E-state index < -0.39 is 10.0 Å². The molecule has 1 aromatic carbocycles. The van der Waals surface area contributed by atoms with Crippen molar-refractivity contribution in [3.8, 4) is 5.75 Å². The third-order valence-corrected chi connectivity index (χ3v) is 5.75. The Bertz CT molecular complexity index is 587. The topological polar surface area (TPSA) is 58.6 Å². The SMILES string of the molecule is CNCc1ccc(S(=O)(=O)N2CCCC(C)C2)c(OC)c1. The predicted octanol–water partition coefficient (Wildman–Crippen LogP) is 1.84. The summed E-state index contributed by atoms with van der Waals surface area (Å²) < 4.78 is 32.5. The Morgan fingerprint density at radius 3 is 2.81 bits per heavy atom. The van der Waals surface area contributed by atoms with Crippen molar-refractivity contribution in [1.29, 1.82) is 0 Å². The van der Waals surface area contributed by atoms with Gasteiger partial charge in [-0.3, -0.25) is 0 Å². The molecule has 0 radical (unpaired) electrons. The summed E-state index contributed by atoms with van der Waals surface area (Å²) in [7, 11) is -0.118. The van der Waals surface area contributed by atoms with Gasteiger partial charge in [0.15, 0.2) is 0 Å². The number of piperidine rings is 1. The minimum absolute atomic E-state index is 0.263. The van der Waals surface area contributed by atoms with Crippen LogP contribution >= 0.6 is 0 Å². The molecule has 1 fully saturated rings. The van der Waals surface area contributed by atoms with E-state index in [1.165, 1.54) is 7.11 Å². The highest BCUT2D eigenvalue weighted by molar-refractivity contribution is 7.89. The first-order chi connectivity index (χ1) is 9.98. The van der Waals surface area contributed by atoms with Crippen LogP contribution in [-0.4, -0.2) is 40.0 Å². The molecule has 1 unspecified atom stereocenters. The lowest BCUT2D eigenvalue weighted by atomic mass is 10.0. The molecule has 1 N–H and O–H groups in total. The molecule has 6 heteroatoms. The molecule has 2 rings (SSSR count). The molecule has 0 saturated carbocycles. The van der Waals surface area contributed by atoms with Crippen molar-refractivity contribution in [2.24, 2.45) is 5.92 Å². The minimum atomic E-state index is -3.48. The van der Waals surface area contributed by atoms with Crippen molar-refractivity contribution in [2.75, 3.05) is 27.2 Å². The molecule has 1 aliphatic heterocycles. The van der Waals surface area contributed by atoms with Gasteiger partial charge in [0.2, 0.25) is 10.0 Å². The van der Waals surface area contributed by atoms with Crippen molar-refractivity contribution >= 4 is 10.0 Å². The average Bonchev–Trinajstić information content (AvgIpc) is 2.47. The first-order valence-corrected chi connectivity index (χ1v) is 8.74. The van der Waals surface area contributed by atoms with Crippen molar-refractivity contribution in [2.45, 2.75) is 31.2 Å². The minimum Gasteiger partial charge on any atom is -0.495 e. The number of nitrogens with zero attached hydrogens (tertiary/aromatic N) is 1. The van der Waals surface area contributed by atoms with Crippen LogP contribution in [0.3, 0.4) is 0 Å². The summed E-state index contributed by atoms with van der Waals surface area (Å²) in [5.74, 6) is 0.823. The number of nitrogens with one attached hydrogen (secondary N) is 1. The van der Waals surface area contributed by atoms with E-state index in [0.29, 0.717) is 31.3 Å². The smallest absolute Gasteiger partial charge is 0.246 e. The Morgan fingerprint density at radius 1 is 1.43 bits per heavy atom. The molecule has 5 nitrogen and oxygen atoms in total. The van der Waals surface area contributed by atoms with Gasteiger partial charge in [-0.25, -0.2) is 8.42 Å².